The number of anilines is 1. The van der Waals surface area contributed by atoms with Gasteiger partial charge in [0.1, 0.15) is 6.33 Å². The minimum absolute atomic E-state index is 0.166. The zero-order chi connectivity index (χ0) is 10.2. The van der Waals surface area contributed by atoms with Gasteiger partial charge in [0.25, 0.3) is 0 Å². The van der Waals surface area contributed by atoms with Crippen molar-refractivity contribution in [2.75, 3.05) is 11.4 Å². The topological polar surface area (TPSA) is 41.9 Å². The second-order valence-electron chi connectivity index (χ2n) is 3.99. The number of nitrogens with zero attached hydrogens (tertiary/aromatic N) is 4. The van der Waals surface area contributed by atoms with Crippen LogP contribution in [0.2, 0.25) is 5.28 Å². The van der Waals surface area contributed by atoms with Crippen molar-refractivity contribution in [2.45, 2.75) is 13.8 Å². The average Bonchev–Trinajstić information content (AvgIpc) is 2.46. The molecule has 0 spiro atoms. The van der Waals surface area contributed by atoms with Gasteiger partial charge in [0.15, 0.2) is 0 Å². The Bertz CT molecular complexity index is 375. The maximum Gasteiger partial charge on any atom is 0.233 e. The van der Waals surface area contributed by atoms with Crippen molar-refractivity contribution < 1.29 is 0 Å². The highest BCUT2D eigenvalue weighted by Crippen LogP contribution is 2.27. The van der Waals surface area contributed by atoms with Gasteiger partial charge < -0.3 is 4.90 Å². The first kappa shape index (κ1) is 9.40. The molecule has 74 valence electrons. The van der Waals surface area contributed by atoms with Gasteiger partial charge in [-0.3, -0.25) is 0 Å². The highest BCUT2D eigenvalue weighted by Gasteiger charge is 2.25. The van der Waals surface area contributed by atoms with Gasteiger partial charge in [-0.05, 0) is 11.6 Å². The maximum atomic E-state index is 5.68. The molecule has 0 radical (unpaired) electrons. The first-order chi connectivity index (χ1) is 6.57. The number of rotatable bonds is 1. The van der Waals surface area contributed by atoms with Crippen LogP contribution in [-0.2, 0) is 0 Å². The van der Waals surface area contributed by atoms with E-state index in [4.69, 9.17) is 11.6 Å². The second kappa shape index (κ2) is 3.20. The largest absolute Gasteiger partial charge is 0.317 e. The molecule has 5 heteroatoms. The van der Waals surface area contributed by atoms with Crippen LogP contribution in [-0.4, -0.2) is 21.5 Å². The molecule has 1 aromatic rings. The van der Waals surface area contributed by atoms with E-state index in [-0.39, 0.29) is 10.7 Å². The molecule has 14 heavy (non-hydrogen) atoms. The van der Waals surface area contributed by atoms with Gasteiger partial charge in [-0.25, -0.2) is 9.97 Å². The standard InChI is InChI=1S/C9H11ClN4/c1-9(2)3-4-14(5-9)8-12-6-11-7(10)13-8/h3-4,6H,5H2,1-2H3. The summed E-state index contributed by atoms with van der Waals surface area (Å²) in [4.78, 5) is 13.8. The van der Waals surface area contributed by atoms with Gasteiger partial charge in [-0.15, -0.1) is 0 Å². The third-order valence-corrected chi connectivity index (χ3v) is 2.25. The summed E-state index contributed by atoms with van der Waals surface area (Å²) in [5, 5.41) is 0.230. The van der Waals surface area contributed by atoms with Gasteiger partial charge in [0.05, 0.1) is 0 Å². The monoisotopic (exact) mass is 210 g/mol. The summed E-state index contributed by atoms with van der Waals surface area (Å²) in [5.74, 6) is 0.604. The fourth-order valence-corrected chi connectivity index (χ4v) is 1.50. The molecule has 1 aliphatic rings. The molecule has 4 nitrogen and oxygen atoms in total. The van der Waals surface area contributed by atoms with Crippen LogP contribution in [0.4, 0.5) is 5.95 Å². The molecule has 1 aromatic heterocycles. The molecule has 0 saturated heterocycles. The van der Waals surface area contributed by atoms with Crippen molar-refractivity contribution in [1.82, 2.24) is 15.0 Å². The van der Waals surface area contributed by atoms with Crippen molar-refractivity contribution >= 4 is 17.5 Å². The molecular weight excluding hydrogens is 200 g/mol. The fourth-order valence-electron chi connectivity index (χ4n) is 1.38. The highest BCUT2D eigenvalue weighted by atomic mass is 35.5. The molecule has 0 N–H and O–H groups in total. The van der Waals surface area contributed by atoms with Crippen LogP contribution in [0.25, 0.3) is 0 Å². The minimum atomic E-state index is 0.166. The molecule has 0 fully saturated rings. The molecule has 0 bridgehead atoms. The highest BCUT2D eigenvalue weighted by molar-refractivity contribution is 6.28. The van der Waals surface area contributed by atoms with E-state index in [2.05, 4.69) is 34.9 Å². The smallest absolute Gasteiger partial charge is 0.233 e. The van der Waals surface area contributed by atoms with E-state index in [1.54, 1.807) is 0 Å². The summed E-state index contributed by atoms with van der Waals surface area (Å²) in [6.07, 6.45) is 5.53. The SMILES string of the molecule is CC1(C)C=CN(c2ncnc(Cl)n2)C1. The van der Waals surface area contributed by atoms with Gasteiger partial charge >= 0.3 is 0 Å². The van der Waals surface area contributed by atoms with Crippen LogP contribution in [0.1, 0.15) is 13.8 Å². The molecule has 0 saturated carbocycles. The van der Waals surface area contributed by atoms with Gasteiger partial charge in [-0.2, -0.15) is 4.98 Å². The summed E-state index contributed by atoms with van der Waals surface area (Å²) in [7, 11) is 0. The summed E-state index contributed by atoms with van der Waals surface area (Å²) in [6.45, 7) is 5.19. The first-order valence-electron chi connectivity index (χ1n) is 4.37. The van der Waals surface area contributed by atoms with E-state index >= 15 is 0 Å². The molecule has 2 heterocycles. The van der Waals surface area contributed by atoms with E-state index in [0.717, 1.165) is 6.54 Å². The van der Waals surface area contributed by atoms with E-state index < -0.39 is 0 Å². The molecule has 0 aliphatic carbocycles. The predicted molar refractivity (Wildman–Crippen MR) is 55.1 cm³/mol. The molecular formula is C9H11ClN4. The number of hydrogen-bond donors (Lipinski definition) is 0. The molecule has 1 aliphatic heterocycles. The van der Waals surface area contributed by atoms with E-state index in [1.165, 1.54) is 6.33 Å². The van der Waals surface area contributed by atoms with Crippen molar-refractivity contribution in [3.63, 3.8) is 0 Å². The van der Waals surface area contributed by atoms with E-state index in [1.807, 2.05) is 11.1 Å². The van der Waals surface area contributed by atoms with Crippen LogP contribution in [0.15, 0.2) is 18.6 Å². The van der Waals surface area contributed by atoms with Gasteiger partial charge in [0.2, 0.25) is 11.2 Å². The summed E-state index contributed by atoms with van der Waals surface area (Å²) in [5.41, 5.74) is 0.166. The van der Waals surface area contributed by atoms with E-state index in [9.17, 15) is 0 Å². The molecule has 0 unspecified atom stereocenters. The first-order valence-corrected chi connectivity index (χ1v) is 4.75. The van der Waals surface area contributed by atoms with Crippen LogP contribution >= 0.6 is 11.6 Å². The third kappa shape index (κ3) is 1.85. The number of halogens is 1. The summed E-state index contributed by atoms with van der Waals surface area (Å²) in [6, 6.07) is 0. The van der Waals surface area contributed by atoms with Gasteiger partial charge in [0, 0.05) is 18.2 Å². The Hall–Kier alpha value is -1.16. The molecule has 0 atom stereocenters. The molecule has 2 rings (SSSR count). The zero-order valence-electron chi connectivity index (χ0n) is 8.11. The van der Waals surface area contributed by atoms with Gasteiger partial charge in [-0.1, -0.05) is 19.9 Å². The Morgan fingerprint density at radius 1 is 1.43 bits per heavy atom. The normalized spacial score (nSPS) is 18.9. The lowest BCUT2D eigenvalue weighted by Crippen LogP contribution is -2.24. The van der Waals surface area contributed by atoms with Crippen LogP contribution in [0.5, 0.6) is 0 Å². The lowest BCUT2D eigenvalue weighted by Gasteiger charge is -2.19. The average molecular weight is 211 g/mol. The molecule has 0 aromatic carbocycles. The zero-order valence-corrected chi connectivity index (χ0v) is 8.86. The lowest BCUT2D eigenvalue weighted by molar-refractivity contribution is 0.513. The van der Waals surface area contributed by atoms with Crippen molar-refractivity contribution in [3.05, 3.63) is 23.9 Å². The van der Waals surface area contributed by atoms with Crippen LogP contribution < -0.4 is 4.90 Å². The predicted octanol–water partition coefficient (Wildman–Crippen LogP) is 1.88. The Morgan fingerprint density at radius 2 is 2.21 bits per heavy atom. The van der Waals surface area contributed by atoms with Crippen molar-refractivity contribution in [1.29, 1.82) is 0 Å². The quantitative estimate of drug-likeness (QED) is 0.710. The van der Waals surface area contributed by atoms with Crippen molar-refractivity contribution in [2.24, 2.45) is 5.41 Å². The minimum Gasteiger partial charge on any atom is -0.317 e. The Labute approximate surface area is 87.6 Å². The third-order valence-electron chi connectivity index (χ3n) is 2.07. The molecule has 0 amide bonds. The number of aromatic nitrogens is 3. The van der Waals surface area contributed by atoms with Crippen molar-refractivity contribution in [3.8, 4) is 0 Å². The Kier molecular flexibility index (Phi) is 2.15. The fraction of sp³-hybridized carbons (Fsp3) is 0.444. The van der Waals surface area contributed by atoms with E-state index in [0.29, 0.717) is 5.95 Å². The summed E-state index contributed by atoms with van der Waals surface area (Å²) < 4.78 is 0. The van der Waals surface area contributed by atoms with Crippen LogP contribution in [0.3, 0.4) is 0 Å². The maximum absolute atomic E-state index is 5.68. The Morgan fingerprint density at radius 3 is 2.79 bits per heavy atom. The Balaban J connectivity index is 2.23. The lowest BCUT2D eigenvalue weighted by atomic mass is 9.96. The second-order valence-corrected chi connectivity index (χ2v) is 4.32. The van der Waals surface area contributed by atoms with Crippen LogP contribution in [0, 0.1) is 5.41 Å². The summed E-state index contributed by atoms with van der Waals surface area (Å²) >= 11 is 5.68. The number of hydrogen-bond acceptors (Lipinski definition) is 4.